The first-order valence-corrected chi connectivity index (χ1v) is 12.1. The molecule has 202 valence electrons. The van der Waals surface area contributed by atoms with E-state index in [2.05, 4.69) is 0 Å². The van der Waals surface area contributed by atoms with Crippen LogP contribution in [-0.4, -0.2) is 105 Å². The largest absolute Gasteiger partial charge is 0.759 e. The van der Waals surface area contributed by atoms with Crippen molar-refractivity contribution < 1.29 is 142 Å². The van der Waals surface area contributed by atoms with Crippen LogP contribution in [0.1, 0.15) is 0 Å². The summed E-state index contributed by atoms with van der Waals surface area (Å²) in [5, 5.41) is 0. The molecular formula is H2O24S6V2-10. The summed E-state index contributed by atoms with van der Waals surface area (Å²) < 4.78 is 202. The van der Waals surface area contributed by atoms with Gasteiger partial charge in [0.05, 0.1) is 0 Å². The molecule has 0 rings (SSSR count). The zero-order valence-corrected chi connectivity index (χ0v) is 20.9. The fourth-order valence-electron chi connectivity index (χ4n) is 0. The molecule has 0 spiro atoms. The molecule has 0 amide bonds. The van der Waals surface area contributed by atoms with Crippen molar-refractivity contribution in [3.63, 3.8) is 0 Å². The van der Waals surface area contributed by atoms with Crippen molar-refractivity contribution in [2.24, 2.45) is 0 Å². The zero-order valence-electron chi connectivity index (χ0n) is 13.2. The maximum atomic E-state index is 8.74. The van der Waals surface area contributed by atoms with E-state index in [1.807, 2.05) is 0 Å². The van der Waals surface area contributed by atoms with E-state index in [4.69, 9.17) is 105 Å². The maximum Gasteiger partial charge on any atom is 0.394 e. The van der Waals surface area contributed by atoms with Crippen LogP contribution in [0.15, 0.2) is 0 Å². The quantitative estimate of drug-likeness (QED) is 0.177. The molecule has 0 fully saturated rings. The second-order valence-corrected chi connectivity index (χ2v) is 7.47. The summed E-state index contributed by atoms with van der Waals surface area (Å²) in [7, 11) is -30.5. The van der Waals surface area contributed by atoms with E-state index in [1.54, 1.807) is 0 Å². The number of hydrogen-bond donors (Lipinski definition) is 2. The Morgan fingerprint density at radius 3 is 0.312 bits per heavy atom. The van der Waals surface area contributed by atoms with Crippen LogP contribution in [0, 0.1) is 0 Å². The monoisotopic (exact) mass is 680 g/mol. The van der Waals surface area contributed by atoms with Gasteiger partial charge in [-0.05, 0) is 0 Å². The van der Waals surface area contributed by atoms with Crippen LogP contribution in [0.25, 0.3) is 0 Å². The van der Waals surface area contributed by atoms with Gasteiger partial charge in [-0.2, -0.15) is 8.42 Å². The summed E-state index contributed by atoms with van der Waals surface area (Å²) in [6.07, 6.45) is 0. The summed E-state index contributed by atoms with van der Waals surface area (Å²) in [6, 6.07) is 0. The summed E-state index contributed by atoms with van der Waals surface area (Å²) in [4.78, 5) is 0. The minimum absolute atomic E-state index is 0. The molecule has 0 bridgehead atoms. The topological polar surface area (TPSA) is 476 Å². The average molecular weight is 680 g/mol. The van der Waals surface area contributed by atoms with Gasteiger partial charge < -0.3 is 45.5 Å². The van der Waals surface area contributed by atoms with E-state index >= 15 is 0 Å². The van der Waals surface area contributed by atoms with Crippen molar-refractivity contribution in [2.45, 2.75) is 0 Å². The Morgan fingerprint density at radius 1 is 0.312 bits per heavy atom. The van der Waals surface area contributed by atoms with Crippen molar-refractivity contribution in [1.82, 2.24) is 0 Å². The van der Waals surface area contributed by atoms with Crippen LogP contribution in [0.2, 0.25) is 0 Å². The van der Waals surface area contributed by atoms with Gasteiger partial charge in [0.2, 0.25) is 0 Å². The van der Waals surface area contributed by atoms with Crippen LogP contribution < -0.4 is 0 Å². The van der Waals surface area contributed by atoms with Crippen molar-refractivity contribution in [1.29, 1.82) is 0 Å². The third-order valence-electron chi connectivity index (χ3n) is 0. The number of rotatable bonds is 0. The zero-order chi connectivity index (χ0) is 27.0. The van der Waals surface area contributed by atoms with Crippen molar-refractivity contribution in [3.05, 3.63) is 0 Å². The SMILES string of the molecule is O=S(=O)(O)O.O=S(=O)([O-])[O-].O=S(=O)([O-])[O-].O=S(=O)([O-])[O-].O=S(=O)([O-])[O-].O=S(=O)([O-])[O-].[V].[V]. The Hall–Kier alpha value is 0.389. The van der Waals surface area contributed by atoms with Gasteiger partial charge in [-0.15, -0.1) is 0 Å². The molecule has 24 nitrogen and oxygen atoms in total. The molecule has 0 saturated heterocycles. The minimum atomic E-state index is -5.17. The molecule has 0 aliphatic rings. The molecule has 0 aliphatic carbocycles. The fraction of sp³-hybridized carbons (Fsp3) is 0. The molecule has 32 heavy (non-hydrogen) atoms. The van der Waals surface area contributed by atoms with Crippen LogP contribution in [0.4, 0.5) is 0 Å². The van der Waals surface area contributed by atoms with Gasteiger partial charge in [0.25, 0.3) is 0 Å². The molecule has 0 aliphatic heterocycles. The van der Waals surface area contributed by atoms with E-state index in [-0.39, 0.29) is 37.1 Å². The summed E-state index contributed by atoms with van der Waals surface area (Å²) >= 11 is 0. The van der Waals surface area contributed by atoms with Gasteiger partial charge in [-0.3, -0.25) is 51.2 Å². The van der Waals surface area contributed by atoms with E-state index < -0.39 is 62.4 Å². The van der Waals surface area contributed by atoms with Crippen molar-refractivity contribution in [3.8, 4) is 0 Å². The molecule has 0 aromatic heterocycles. The van der Waals surface area contributed by atoms with Gasteiger partial charge in [-0.25, -0.2) is 0 Å². The first kappa shape index (κ1) is 53.6. The van der Waals surface area contributed by atoms with E-state index in [0.29, 0.717) is 0 Å². The molecular weight excluding hydrogens is 678 g/mol. The molecule has 0 aromatic rings. The molecule has 0 saturated carbocycles. The van der Waals surface area contributed by atoms with Gasteiger partial charge in [0.1, 0.15) is 0 Å². The third kappa shape index (κ3) is 174000. The molecule has 2 radical (unpaired) electrons. The summed E-state index contributed by atoms with van der Waals surface area (Å²) in [5.41, 5.74) is 0. The second-order valence-electron chi connectivity index (χ2n) is 2.49. The molecule has 0 heterocycles. The summed E-state index contributed by atoms with van der Waals surface area (Å²) in [5.74, 6) is 0. The van der Waals surface area contributed by atoms with Crippen LogP contribution in [0.3, 0.4) is 0 Å². The third-order valence-corrected chi connectivity index (χ3v) is 0. The predicted molar refractivity (Wildman–Crippen MR) is 66.6 cm³/mol. The Bertz CT molecular complexity index is 764. The van der Waals surface area contributed by atoms with Crippen molar-refractivity contribution in [2.75, 3.05) is 0 Å². The van der Waals surface area contributed by atoms with Gasteiger partial charge in [0, 0.05) is 89.1 Å². The number of hydrogen-bond acceptors (Lipinski definition) is 22. The van der Waals surface area contributed by atoms with Gasteiger partial charge in [-0.1, -0.05) is 0 Å². The minimum Gasteiger partial charge on any atom is -0.759 e. The van der Waals surface area contributed by atoms with Crippen LogP contribution in [-0.2, 0) is 99.5 Å². The molecule has 0 aromatic carbocycles. The Labute approximate surface area is 203 Å². The standard InChI is InChI=1S/6H2O4S.2V/c6*1-5(2,3)4;;/h6*(H2,1,2,3,4);;/p-10. The first-order valence-electron chi connectivity index (χ1n) is 4.03. The Balaban J connectivity index is -0.0000000356. The Kier molecular flexibility index (Phi) is 36.7. The first-order chi connectivity index (χ1) is 12.0. The molecule has 0 atom stereocenters. The van der Waals surface area contributed by atoms with Crippen molar-refractivity contribution >= 4 is 62.4 Å². The summed E-state index contributed by atoms with van der Waals surface area (Å²) in [6.45, 7) is 0. The average Bonchev–Trinajstić information content (AvgIpc) is 1.94. The van der Waals surface area contributed by atoms with Crippen LogP contribution >= 0.6 is 0 Å². The molecule has 32 heteroatoms. The smallest absolute Gasteiger partial charge is 0.394 e. The van der Waals surface area contributed by atoms with E-state index in [1.165, 1.54) is 0 Å². The van der Waals surface area contributed by atoms with Gasteiger partial charge in [0.15, 0.2) is 0 Å². The maximum absolute atomic E-state index is 8.74. The van der Waals surface area contributed by atoms with E-state index in [0.717, 1.165) is 0 Å². The molecule has 0 unspecified atom stereocenters. The normalized spacial score (nSPS) is 10.9. The fourth-order valence-corrected chi connectivity index (χ4v) is 0. The van der Waals surface area contributed by atoms with Crippen LogP contribution in [0.5, 0.6) is 0 Å². The Morgan fingerprint density at radius 2 is 0.312 bits per heavy atom. The predicted octanol–water partition coefficient (Wildman–Crippen LogP) is -7.35. The molecule has 2 N–H and O–H groups in total. The van der Waals surface area contributed by atoms with Gasteiger partial charge >= 0.3 is 10.4 Å². The second kappa shape index (κ2) is 21.9. The van der Waals surface area contributed by atoms with E-state index in [9.17, 15) is 0 Å².